The molecule has 32 heavy (non-hydrogen) atoms. The number of carbonyl (C=O) groups excluding carboxylic acids is 2. The Morgan fingerprint density at radius 2 is 1.78 bits per heavy atom. The number of hydrogen-bond donors (Lipinski definition) is 2. The largest absolute Gasteiger partial charge is 0.504 e. The molecule has 0 bridgehead atoms. The van der Waals surface area contributed by atoms with Crippen LogP contribution in [-0.2, 0) is 9.53 Å². The highest BCUT2D eigenvalue weighted by Crippen LogP contribution is 2.36. The van der Waals surface area contributed by atoms with Gasteiger partial charge in [0.25, 0.3) is 0 Å². The Hall–Kier alpha value is -3.78. The lowest BCUT2D eigenvalue weighted by atomic mass is 10.2. The maximum Gasteiger partial charge on any atom is 0.362 e. The first-order valence-corrected chi connectivity index (χ1v) is 10.8. The summed E-state index contributed by atoms with van der Waals surface area (Å²) < 4.78 is 5.05. The standard InChI is InChI=1S/C24H23N3O4S/c1-4-31-24(30)21(27-26-18-12-10-15(2)11-13-18)22(29)20-14-19(16(3)28)23(32-20)25-17-8-6-5-7-9-17/h5-14,25,29H,4H2,1-3H3/b22-21+,27-26?. The molecule has 0 unspecified atom stereocenters. The van der Waals surface area contributed by atoms with Crippen molar-refractivity contribution in [1.82, 2.24) is 0 Å². The number of nitrogens with zero attached hydrogens (tertiary/aromatic N) is 2. The third-order valence-corrected chi connectivity index (χ3v) is 5.43. The molecule has 0 saturated carbocycles. The zero-order valence-electron chi connectivity index (χ0n) is 18.0. The number of aryl methyl sites for hydroxylation is 1. The summed E-state index contributed by atoms with van der Waals surface area (Å²) in [7, 11) is 0. The normalized spacial score (nSPS) is 11.8. The molecular formula is C24H23N3O4S. The van der Waals surface area contributed by atoms with Gasteiger partial charge in [-0.05, 0) is 51.1 Å². The van der Waals surface area contributed by atoms with Gasteiger partial charge in [0, 0.05) is 5.69 Å². The van der Waals surface area contributed by atoms with E-state index in [-0.39, 0.29) is 18.1 Å². The lowest BCUT2D eigenvalue weighted by Gasteiger charge is -2.05. The quantitative estimate of drug-likeness (QED) is 0.133. The van der Waals surface area contributed by atoms with E-state index < -0.39 is 11.7 Å². The molecule has 0 radical (unpaired) electrons. The maximum absolute atomic E-state index is 12.5. The summed E-state index contributed by atoms with van der Waals surface area (Å²) in [4.78, 5) is 24.9. The summed E-state index contributed by atoms with van der Waals surface area (Å²) >= 11 is 1.13. The molecule has 0 atom stereocenters. The number of ether oxygens (including phenoxy) is 1. The molecule has 8 heteroatoms. The SMILES string of the molecule is CCOC(=O)/C(N=Nc1ccc(C)cc1)=C(\O)c1cc(C(C)=O)c(Nc2ccccc2)s1. The molecule has 0 aliphatic heterocycles. The third kappa shape index (κ3) is 5.67. The molecule has 0 aliphatic rings. The van der Waals surface area contributed by atoms with E-state index in [1.807, 2.05) is 49.4 Å². The van der Waals surface area contributed by atoms with Gasteiger partial charge in [0.1, 0.15) is 5.00 Å². The van der Waals surface area contributed by atoms with Gasteiger partial charge in [0.15, 0.2) is 11.5 Å². The third-order valence-electron chi connectivity index (χ3n) is 4.37. The van der Waals surface area contributed by atoms with Gasteiger partial charge < -0.3 is 15.2 Å². The smallest absolute Gasteiger partial charge is 0.362 e. The van der Waals surface area contributed by atoms with E-state index in [0.717, 1.165) is 22.6 Å². The van der Waals surface area contributed by atoms with Crippen molar-refractivity contribution in [2.45, 2.75) is 20.8 Å². The molecule has 0 spiro atoms. The van der Waals surface area contributed by atoms with Crippen molar-refractivity contribution in [3.05, 3.63) is 82.4 Å². The van der Waals surface area contributed by atoms with Crippen LogP contribution in [0.25, 0.3) is 5.76 Å². The number of aliphatic hydroxyl groups is 1. The van der Waals surface area contributed by atoms with Crippen LogP contribution >= 0.6 is 11.3 Å². The number of hydrogen-bond acceptors (Lipinski definition) is 8. The predicted octanol–water partition coefficient (Wildman–Crippen LogP) is 6.58. The van der Waals surface area contributed by atoms with Crippen LogP contribution in [0.2, 0.25) is 0 Å². The second kappa shape index (κ2) is 10.5. The van der Waals surface area contributed by atoms with E-state index in [9.17, 15) is 14.7 Å². The fourth-order valence-corrected chi connectivity index (χ4v) is 3.81. The van der Waals surface area contributed by atoms with Crippen LogP contribution < -0.4 is 5.32 Å². The number of aliphatic hydroxyl groups excluding tert-OH is 1. The average Bonchev–Trinajstić information content (AvgIpc) is 3.20. The van der Waals surface area contributed by atoms with Gasteiger partial charge in [-0.1, -0.05) is 35.9 Å². The van der Waals surface area contributed by atoms with Crippen molar-refractivity contribution < 1.29 is 19.4 Å². The van der Waals surface area contributed by atoms with E-state index in [2.05, 4.69) is 15.5 Å². The number of benzene rings is 2. The summed E-state index contributed by atoms with van der Waals surface area (Å²) in [5.41, 5.74) is 2.42. The van der Waals surface area contributed by atoms with Gasteiger partial charge in [-0.3, -0.25) is 4.79 Å². The molecular weight excluding hydrogens is 426 g/mol. The molecule has 0 fully saturated rings. The van der Waals surface area contributed by atoms with Crippen LogP contribution in [0, 0.1) is 6.92 Å². The molecule has 1 heterocycles. The fraction of sp³-hybridized carbons (Fsp3) is 0.167. The average molecular weight is 450 g/mol. The Morgan fingerprint density at radius 3 is 2.41 bits per heavy atom. The second-order valence-electron chi connectivity index (χ2n) is 6.85. The molecule has 3 aromatic rings. The molecule has 0 amide bonds. The van der Waals surface area contributed by atoms with Crippen LogP contribution in [0.5, 0.6) is 0 Å². The molecule has 0 saturated heterocycles. The molecule has 2 N–H and O–H groups in total. The maximum atomic E-state index is 12.5. The number of esters is 1. The Labute approximate surface area is 190 Å². The summed E-state index contributed by atoms with van der Waals surface area (Å²) in [6, 6.07) is 18.1. The highest BCUT2D eigenvalue weighted by Gasteiger charge is 2.22. The first-order valence-electron chi connectivity index (χ1n) is 9.95. The molecule has 164 valence electrons. The van der Waals surface area contributed by atoms with Crippen molar-refractivity contribution in [2.24, 2.45) is 10.2 Å². The van der Waals surface area contributed by atoms with Crippen molar-refractivity contribution in [2.75, 3.05) is 11.9 Å². The fourth-order valence-electron chi connectivity index (χ4n) is 2.73. The number of thiophene rings is 1. The Balaban J connectivity index is 2.02. The van der Waals surface area contributed by atoms with Crippen molar-refractivity contribution in [3.8, 4) is 0 Å². The Bertz CT molecular complexity index is 1170. The topological polar surface area (TPSA) is 100 Å². The van der Waals surface area contributed by atoms with Gasteiger partial charge in [-0.15, -0.1) is 16.5 Å². The van der Waals surface area contributed by atoms with Gasteiger partial charge in [-0.2, -0.15) is 5.11 Å². The number of para-hydroxylation sites is 1. The zero-order chi connectivity index (χ0) is 23.1. The van der Waals surface area contributed by atoms with Crippen molar-refractivity contribution in [3.63, 3.8) is 0 Å². The number of rotatable bonds is 8. The molecule has 7 nitrogen and oxygen atoms in total. The van der Waals surface area contributed by atoms with Crippen LogP contribution in [0.4, 0.5) is 16.4 Å². The number of carbonyl (C=O) groups is 2. The Morgan fingerprint density at radius 1 is 1.09 bits per heavy atom. The minimum Gasteiger partial charge on any atom is -0.504 e. The van der Waals surface area contributed by atoms with Gasteiger partial charge in [0.05, 0.1) is 22.7 Å². The lowest BCUT2D eigenvalue weighted by Crippen LogP contribution is -2.08. The minimum absolute atomic E-state index is 0.111. The number of nitrogens with one attached hydrogen (secondary N) is 1. The monoisotopic (exact) mass is 449 g/mol. The number of anilines is 2. The highest BCUT2D eigenvalue weighted by molar-refractivity contribution is 7.17. The van der Waals surface area contributed by atoms with E-state index in [4.69, 9.17) is 4.74 Å². The van der Waals surface area contributed by atoms with Crippen molar-refractivity contribution >= 4 is 45.2 Å². The lowest BCUT2D eigenvalue weighted by molar-refractivity contribution is -0.138. The first kappa shape index (κ1) is 22.9. The van der Waals surface area contributed by atoms with Crippen LogP contribution in [-0.4, -0.2) is 23.5 Å². The second-order valence-corrected chi connectivity index (χ2v) is 7.91. The van der Waals surface area contributed by atoms with Crippen LogP contribution in [0.15, 0.2) is 76.6 Å². The van der Waals surface area contributed by atoms with Gasteiger partial charge >= 0.3 is 5.97 Å². The highest BCUT2D eigenvalue weighted by atomic mass is 32.1. The molecule has 1 aromatic heterocycles. The number of Topliss-reactive ketones (excluding diaryl/α,β-unsaturated/α-hetero) is 1. The first-order chi connectivity index (χ1) is 15.4. The summed E-state index contributed by atoms with van der Waals surface area (Å²) in [5.74, 6) is -1.40. The van der Waals surface area contributed by atoms with Gasteiger partial charge in [-0.25, -0.2) is 4.79 Å². The van der Waals surface area contributed by atoms with E-state index in [0.29, 0.717) is 21.1 Å². The van der Waals surface area contributed by atoms with E-state index in [1.54, 1.807) is 19.1 Å². The Kier molecular flexibility index (Phi) is 7.51. The summed E-state index contributed by atoms with van der Waals surface area (Å²) in [6.07, 6.45) is 0. The molecule has 0 aliphatic carbocycles. The number of azo groups is 1. The number of ketones is 1. The summed E-state index contributed by atoms with van der Waals surface area (Å²) in [5, 5.41) is 22.6. The van der Waals surface area contributed by atoms with Crippen molar-refractivity contribution in [1.29, 1.82) is 0 Å². The van der Waals surface area contributed by atoms with Crippen LogP contribution in [0.1, 0.15) is 34.6 Å². The zero-order valence-corrected chi connectivity index (χ0v) is 18.8. The van der Waals surface area contributed by atoms with Gasteiger partial charge in [0.2, 0.25) is 5.70 Å². The predicted molar refractivity (Wildman–Crippen MR) is 126 cm³/mol. The molecule has 2 aromatic carbocycles. The minimum atomic E-state index is -0.809. The van der Waals surface area contributed by atoms with E-state index in [1.165, 1.54) is 13.0 Å². The summed E-state index contributed by atoms with van der Waals surface area (Å²) in [6.45, 7) is 5.15. The van der Waals surface area contributed by atoms with E-state index >= 15 is 0 Å². The molecule has 3 rings (SSSR count). The van der Waals surface area contributed by atoms with Crippen LogP contribution in [0.3, 0.4) is 0 Å².